The van der Waals surface area contributed by atoms with Gasteiger partial charge in [-0.1, -0.05) is 48.5 Å². The third-order valence-corrected chi connectivity index (χ3v) is 4.28. The summed E-state index contributed by atoms with van der Waals surface area (Å²) in [6.07, 6.45) is -0.105. The molecule has 0 aromatic heterocycles. The van der Waals surface area contributed by atoms with Crippen LogP contribution in [0.4, 0.5) is 4.39 Å². The smallest absolute Gasteiger partial charge is 0.338 e. The van der Waals surface area contributed by atoms with Gasteiger partial charge in [0.15, 0.2) is 5.78 Å². The van der Waals surface area contributed by atoms with Gasteiger partial charge in [0.1, 0.15) is 19.0 Å². The summed E-state index contributed by atoms with van der Waals surface area (Å²) in [5.41, 5.74) is 1.32. The van der Waals surface area contributed by atoms with Crippen LogP contribution < -0.4 is 0 Å². The number of hydrogen-bond donors (Lipinski definition) is 0. The van der Waals surface area contributed by atoms with Crippen LogP contribution in [0.3, 0.4) is 0 Å². The fourth-order valence-corrected chi connectivity index (χ4v) is 2.73. The van der Waals surface area contributed by atoms with Crippen molar-refractivity contribution < 1.29 is 28.2 Å². The zero-order valence-electron chi connectivity index (χ0n) is 16.0. The summed E-state index contributed by atoms with van der Waals surface area (Å²) >= 11 is 0. The number of esters is 2. The maximum absolute atomic E-state index is 13.1. The number of ketones is 1. The van der Waals surface area contributed by atoms with Crippen LogP contribution in [0.1, 0.15) is 38.3 Å². The number of benzene rings is 3. The lowest BCUT2D eigenvalue weighted by molar-refractivity contribution is -0.145. The van der Waals surface area contributed by atoms with Crippen LogP contribution in [-0.4, -0.2) is 24.3 Å². The van der Waals surface area contributed by atoms with Crippen LogP contribution in [0.2, 0.25) is 0 Å². The lowest BCUT2D eigenvalue weighted by Crippen LogP contribution is -2.15. The highest BCUT2D eigenvalue weighted by atomic mass is 19.1. The predicted molar refractivity (Wildman–Crippen MR) is 107 cm³/mol. The minimum atomic E-state index is -0.725. The van der Waals surface area contributed by atoms with E-state index >= 15 is 0 Å². The molecule has 0 radical (unpaired) electrons. The second kappa shape index (κ2) is 10.1. The molecular formula is C24H19FO5. The summed E-state index contributed by atoms with van der Waals surface area (Å²) in [6.45, 7) is -0.0336. The molecule has 0 bridgehead atoms. The summed E-state index contributed by atoms with van der Waals surface area (Å²) in [5.74, 6) is -2.11. The van der Waals surface area contributed by atoms with E-state index in [1.807, 2.05) is 30.3 Å². The first-order valence-electron chi connectivity index (χ1n) is 9.30. The molecule has 3 rings (SSSR count). The van der Waals surface area contributed by atoms with Gasteiger partial charge in [-0.25, -0.2) is 9.18 Å². The number of rotatable bonds is 8. The van der Waals surface area contributed by atoms with Gasteiger partial charge in [-0.2, -0.15) is 0 Å². The number of ether oxygens (including phenoxy) is 2. The third-order valence-electron chi connectivity index (χ3n) is 4.28. The van der Waals surface area contributed by atoms with Gasteiger partial charge in [0, 0.05) is 11.1 Å². The fraction of sp³-hybridized carbons (Fsp3) is 0.125. The van der Waals surface area contributed by atoms with Crippen LogP contribution >= 0.6 is 0 Å². The molecule has 0 saturated heterocycles. The monoisotopic (exact) mass is 406 g/mol. The Bertz CT molecular complexity index is 1030. The van der Waals surface area contributed by atoms with Crippen molar-refractivity contribution in [3.63, 3.8) is 0 Å². The average molecular weight is 406 g/mol. The quantitative estimate of drug-likeness (QED) is 0.411. The molecule has 0 unspecified atom stereocenters. The Morgan fingerprint density at radius 1 is 0.733 bits per heavy atom. The van der Waals surface area contributed by atoms with Gasteiger partial charge in [0.2, 0.25) is 0 Å². The molecule has 0 saturated carbocycles. The van der Waals surface area contributed by atoms with Crippen molar-refractivity contribution >= 4 is 17.7 Å². The molecule has 0 aliphatic carbocycles. The standard InChI is InChI=1S/C24H19FO5/c25-19-12-10-18(11-13-19)23(27)20-8-4-5-9-21(20)24(28)29-15-14-22(26)30-16-17-6-2-1-3-7-17/h1-13H,14-16H2. The SMILES string of the molecule is O=C(CCOC(=O)c1ccccc1C(=O)c1ccc(F)cc1)OCc1ccccc1. The molecule has 0 spiro atoms. The Morgan fingerprint density at radius 3 is 2.07 bits per heavy atom. The molecule has 0 heterocycles. The number of halogens is 1. The summed E-state index contributed by atoms with van der Waals surface area (Å²) < 4.78 is 23.4. The van der Waals surface area contributed by atoms with Gasteiger partial charge < -0.3 is 9.47 Å². The Hall–Kier alpha value is -3.80. The summed E-state index contributed by atoms with van der Waals surface area (Å²) in [6, 6.07) is 20.5. The molecule has 0 aliphatic rings. The highest BCUT2D eigenvalue weighted by Gasteiger charge is 2.19. The van der Waals surface area contributed by atoms with E-state index < -0.39 is 23.5 Å². The lowest BCUT2D eigenvalue weighted by Gasteiger charge is -2.09. The first-order chi connectivity index (χ1) is 14.5. The molecule has 0 amide bonds. The Balaban J connectivity index is 1.56. The van der Waals surface area contributed by atoms with E-state index in [1.165, 1.54) is 36.4 Å². The fourth-order valence-electron chi connectivity index (χ4n) is 2.73. The van der Waals surface area contributed by atoms with E-state index in [0.29, 0.717) is 0 Å². The number of hydrogen-bond acceptors (Lipinski definition) is 5. The second-order valence-corrected chi connectivity index (χ2v) is 6.41. The van der Waals surface area contributed by atoms with Gasteiger partial charge in [0.05, 0.1) is 12.0 Å². The molecular weight excluding hydrogens is 387 g/mol. The molecule has 3 aromatic carbocycles. The van der Waals surface area contributed by atoms with Crippen molar-refractivity contribution in [2.45, 2.75) is 13.0 Å². The van der Waals surface area contributed by atoms with Gasteiger partial charge >= 0.3 is 11.9 Å². The molecule has 0 atom stereocenters. The van der Waals surface area contributed by atoms with Crippen molar-refractivity contribution in [2.24, 2.45) is 0 Å². The molecule has 6 heteroatoms. The van der Waals surface area contributed by atoms with Crippen molar-refractivity contribution in [3.8, 4) is 0 Å². The molecule has 152 valence electrons. The second-order valence-electron chi connectivity index (χ2n) is 6.41. The van der Waals surface area contributed by atoms with E-state index in [4.69, 9.17) is 9.47 Å². The molecule has 30 heavy (non-hydrogen) atoms. The highest BCUT2D eigenvalue weighted by molar-refractivity contribution is 6.14. The zero-order valence-corrected chi connectivity index (χ0v) is 16.0. The normalized spacial score (nSPS) is 10.3. The minimum absolute atomic E-state index is 0.0736. The van der Waals surface area contributed by atoms with Gasteiger partial charge in [-0.15, -0.1) is 0 Å². The van der Waals surface area contributed by atoms with Crippen molar-refractivity contribution in [1.29, 1.82) is 0 Å². The number of carbonyl (C=O) groups excluding carboxylic acids is 3. The maximum atomic E-state index is 13.1. The molecule has 0 N–H and O–H groups in total. The van der Waals surface area contributed by atoms with E-state index in [9.17, 15) is 18.8 Å². The van der Waals surface area contributed by atoms with Crippen LogP contribution in [0.5, 0.6) is 0 Å². The summed E-state index contributed by atoms with van der Waals surface area (Å²) in [7, 11) is 0. The molecule has 5 nitrogen and oxygen atoms in total. The van der Waals surface area contributed by atoms with Crippen molar-refractivity contribution in [1.82, 2.24) is 0 Å². The van der Waals surface area contributed by atoms with Crippen molar-refractivity contribution in [3.05, 3.63) is 107 Å². The van der Waals surface area contributed by atoms with Crippen LogP contribution in [-0.2, 0) is 20.9 Å². The number of carbonyl (C=O) groups is 3. The highest BCUT2D eigenvalue weighted by Crippen LogP contribution is 2.16. The van der Waals surface area contributed by atoms with Crippen LogP contribution in [0, 0.1) is 5.82 Å². The van der Waals surface area contributed by atoms with E-state index in [1.54, 1.807) is 12.1 Å². The first-order valence-corrected chi connectivity index (χ1v) is 9.30. The Morgan fingerprint density at radius 2 is 1.37 bits per heavy atom. The van der Waals surface area contributed by atoms with Crippen LogP contribution in [0.25, 0.3) is 0 Å². The Kier molecular flexibility index (Phi) is 7.05. The topological polar surface area (TPSA) is 69.7 Å². The summed E-state index contributed by atoms with van der Waals surface area (Å²) in [4.78, 5) is 36.9. The maximum Gasteiger partial charge on any atom is 0.338 e. The summed E-state index contributed by atoms with van der Waals surface area (Å²) in [5, 5.41) is 0. The average Bonchev–Trinajstić information content (AvgIpc) is 2.78. The third kappa shape index (κ3) is 5.61. The predicted octanol–water partition coefficient (Wildman–Crippen LogP) is 4.35. The van der Waals surface area contributed by atoms with Gasteiger partial charge in [-0.3, -0.25) is 9.59 Å². The minimum Gasteiger partial charge on any atom is -0.461 e. The lowest BCUT2D eigenvalue weighted by atomic mass is 9.98. The molecule has 0 fully saturated rings. The largest absolute Gasteiger partial charge is 0.461 e. The van der Waals surface area contributed by atoms with E-state index in [0.717, 1.165) is 5.56 Å². The molecule has 0 aliphatic heterocycles. The van der Waals surface area contributed by atoms with Crippen molar-refractivity contribution in [2.75, 3.05) is 6.61 Å². The van der Waals surface area contributed by atoms with Crippen LogP contribution in [0.15, 0.2) is 78.9 Å². The first kappa shape index (κ1) is 20.9. The molecule has 3 aromatic rings. The van der Waals surface area contributed by atoms with Gasteiger partial charge in [0.25, 0.3) is 0 Å². The van der Waals surface area contributed by atoms with Gasteiger partial charge in [-0.05, 0) is 35.9 Å². The Labute approximate surface area is 173 Å². The van der Waals surface area contributed by atoms with E-state index in [-0.39, 0.29) is 36.3 Å². The zero-order chi connectivity index (χ0) is 21.3. The van der Waals surface area contributed by atoms with E-state index in [2.05, 4.69) is 0 Å².